The van der Waals surface area contributed by atoms with Gasteiger partial charge in [0.15, 0.2) is 0 Å². The molecule has 1 aromatic carbocycles. The Hall–Kier alpha value is -0.820. The summed E-state index contributed by atoms with van der Waals surface area (Å²) in [5, 5.41) is 0. The first-order valence-electron chi connectivity index (χ1n) is 5.13. The predicted molar refractivity (Wildman–Crippen MR) is 55.6 cm³/mol. The van der Waals surface area contributed by atoms with Crippen molar-refractivity contribution in [2.24, 2.45) is 11.7 Å². The standard InChI is InChI=1S/C12H17N/c1-2-12(13)11-7-9-5-3-4-6-10(9)8-11/h3-6,11-12H,2,7-8,13H2,1H3/t12-/m1/s1. The van der Waals surface area contributed by atoms with Crippen LogP contribution in [-0.2, 0) is 12.8 Å². The molecule has 2 rings (SSSR count). The second kappa shape index (κ2) is 3.51. The lowest BCUT2D eigenvalue weighted by Crippen LogP contribution is -2.29. The third-order valence-corrected chi connectivity index (χ3v) is 3.16. The highest BCUT2D eigenvalue weighted by Crippen LogP contribution is 2.28. The molecule has 0 aliphatic heterocycles. The molecule has 2 N–H and O–H groups in total. The maximum atomic E-state index is 6.06. The largest absolute Gasteiger partial charge is 0.327 e. The Morgan fingerprint density at radius 2 is 1.85 bits per heavy atom. The molecule has 1 atom stereocenters. The van der Waals surface area contributed by atoms with Crippen LogP contribution in [-0.4, -0.2) is 6.04 Å². The van der Waals surface area contributed by atoms with Gasteiger partial charge in [0.1, 0.15) is 0 Å². The molecule has 1 nitrogen and oxygen atoms in total. The smallest absolute Gasteiger partial charge is 0.00708 e. The number of rotatable bonds is 2. The zero-order chi connectivity index (χ0) is 9.26. The van der Waals surface area contributed by atoms with Crippen molar-refractivity contribution in [3.05, 3.63) is 35.4 Å². The average Bonchev–Trinajstić information content (AvgIpc) is 2.59. The van der Waals surface area contributed by atoms with Crippen molar-refractivity contribution in [1.29, 1.82) is 0 Å². The van der Waals surface area contributed by atoms with Crippen molar-refractivity contribution >= 4 is 0 Å². The van der Waals surface area contributed by atoms with E-state index in [2.05, 4.69) is 31.2 Å². The SMILES string of the molecule is CC[C@@H](N)C1Cc2ccccc2C1. The van der Waals surface area contributed by atoms with Crippen LogP contribution >= 0.6 is 0 Å². The molecular weight excluding hydrogens is 158 g/mol. The van der Waals surface area contributed by atoms with Crippen molar-refractivity contribution in [2.75, 3.05) is 0 Å². The maximum Gasteiger partial charge on any atom is 0.00708 e. The molecule has 1 aliphatic rings. The highest BCUT2D eigenvalue weighted by molar-refractivity contribution is 5.32. The quantitative estimate of drug-likeness (QED) is 0.732. The molecule has 13 heavy (non-hydrogen) atoms. The van der Waals surface area contributed by atoms with E-state index in [-0.39, 0.29) is 0 Å². The minimum absolute atomic E-state index is 0.382. The Bertz CT molecular complexity index is 268. The van der Waals surface area contributed by atoms with Gasteiger partial charge >= 0.3 is 0 Å². The normalized spacial score (nSPS) is 18.6. The van der Waals surface area contributed by atoms with Gasteiger partial charge in [-0.2, -0.15) is 0 Å². The van der Waals surface area contributed by atoms with E-state index in [4.69, 9.17) is 5.73 Å². The number of hydrogen-bond acceptors (Lipinski definition) is 1. The van der Waals surface area contributed by atoms with E-state index >= 15 is 0 Å². The fourth-order valence-electron chi connectivity index (χ4n) is 2.23. The summed E-state index contributed by atoms with van der Waals surface area (Å²) in [4.78, 5) is 0. The summed E-state index contributed by atoms with van der Waals surface area (Å²) in [6.07, 6.45) is 3.47. The van der Waals surface area contributed by atoms with Gasteiger partial charge in [-0.1, -0.05) is 31.2 Å². The van der Waals surface area contributed by atoms with Gasteiger partial charge in [0.2, 0.25) is 0 Å². The summed E-state index contributed by atoms with van der Waals surface area (Å²) in [5.41, 5.74) is 9.08. The second-order valence-electron chi connectivity index (χ2n) is 4.01. The highest BCUT2D eigenvalue weighted by Gasteiger charge is 2.24. The van der Waals surface area contributed by atoms with Gasteiger partial charge in [0, 0.05) is 6.04 Å². The van der Waals surface area contributed by atoms with Gasteiger partial charge in [-0.3, -0.25) is 0 Å². The molecule has 0 saturated carbocycles. The van der Waals surface area contributed by atoms with Crippen LogP contribution in [0.2, 0.25) is 0 Å². The highest BCUT2D eigenvalue weighted by atomic mass is 14.6. The zero-order valence-electron chi connectivity index (χ0n) is 8.16. The molecule has 0 bridgehead atoms. The number of hydrogen-bond donors (Lipinski definition) is 1. The summed E-state index contributed by atoms with van der Waals surface area (Å²) in [6, 6.07) is 9.10. The minimum atomic E-state index is 0.382. The van der Waals surface area contributed by atoms with Crippen LogP contribution < -0.4 is 5.73 Å². The van der Waals surface area contributed by atoms with Crippen LogP contribution in [0.1, 0.15) is 24.5 Å². The van der Waals surface area contributed by atoms with Crippen LogP contribution in [0, 0.1) is 5.92 Å². The lowest BCUT2D eigenvalue weighted by Gasteiger charge is -2.16. The van der Waals surface area contributed by atoms with Crippen LogP contribution in [0.15, 0.2) is 24.3 Å². The molecule has 1 aliphatic carbocycles. The second-order valence-corrected chi connectivity index (χ2v) is 4.01. The lowest BCUT2D eigenvalue weighted by molar-refractivity contribution is 0.429. The summed E-state index contributed by atoms with van der Waals surface area (Å²) < 4.78 is 0. The Morgan fingerprint density at radius 1 is 1.31 bits per heavy atom. The van der Waals surface area contributed by atoms with Crippen molar-refractivity contribution in [2.45, 2.75) is 32.2 Å². The van der Waals surface area contributed by atoms with Crippen molar-refractivity contribution < 1.29 is 0 Å². The molecule has 1 heteroatoms. The fourth-order valence-corrected chi connectivity index (χ4v) is 2.23. The molecule has 0 aromatic heterocycles. The molecule has 0 amide bonds. The first-order chi connectivity index (χ1) is 6.31. The van der Waals surface area contributed by atoms with E-state index in [1.54, 1.807) is 0 Å². The number of nitrogens with two attached hydrogens (primary N) is 1. The van der Waals surface area contributed by atoms with Gasteiger partial charge in [-0.15, -0.1) is 0 Å². The fraction of sp³-hybridized carbons (Fsp3) is 0.500. The Labute approximate surface area is 80.0 Å². The van der Waals surface area contributed by atoms with Crippen molar-refractivity contribution in [3.8, 4) is 0 Å². The Morgan fingerprint density at radius 3 is 2.31 bits per heavy atom. The van der Waals surface area contributed by atoms with Gasteiger partial charge in [-0.05, 0) is 36.3 Å². The van der Waals surface area contributed by atoms with E-state index in [1.165, 1.54) is 24.0 Å². The van der Waals surface area contributed by atoms with E-state index in [1.807, 2.05) is 0 Å². The monoisotopic (exact) mass is 175 g/mol. The molecule has 0 spiro atoms. The van der Waals surface area contributed by atoms with Crippen molar-refractivity contribution in [3.63, 3.8) is 0 Å². The van der Waals surface area contributed by atoms with E-state index < -0.39 is 0 Å². The summed E-state index contributed by atoms with van der Waals surface area (Å²) >= 11 is 0. The first-order valence-corrected chi connectivity index (χ1v) is 5.13. The zero-order valence-corrected chi connectivity index (χ0v) is 8.16. The lowest BCUT2D eigenvalue weighted by atomic mass is 9.95. The Balaban J connectivity index is 2.14. The van der Waals surface area contributed by atoms with Crippen LogP contribution in [0.5, 0.6) is 0 Å². The molecule has 0 saturated heterocycles. The van der Waals surface area contributed by atoms with Crippen LogP contribution in [0.25, 0.3) is 0 Å². The maximum absolute atomic E-state index is 6.06. The first kappa shape index (κ1) is 8.76. The minimum Gasteiger partial charge on any atom is -0.327 e. The number of fused-ring (bicyclic) bond motifs is 1. The molecule has 0 unspecified atom stereocenters. The average molecular weight is 175 g/mol. The topological polar surface area (TPSA) is 26.0 Å². The van der Waals surface area contributed by atoms with E-state index in [0.29, 0.717) is 12.0 Å². The molecular formula is C12H17N. The summed E-state index contributed by atoms with van der Waals surface area (Å²) in [6.45, 7) is 2.17. The molecule has 0 heterocycles. The van der Waals surface area contributed by atoms with E-state index in [9.17, 15) is 0 Å². The van der Waals surface area contributed by atoms with Gasteiger partial charge < -0.3 is 5.73 Å². The van der Waals surface area contributed by atoms with Crippen LogP contribution in [0.4, 0.5) is 0 Å². The molecule has 0 fully saturated rings. The third kappa shape index (κ3) is 1.61. The number of benzene rings is 1. The van der Waals surface area contributed by atoms with Gasteiger partial charge in [-0.25, -0.2) is 0 Å². The molecule has 0 radical (unpaired) electrons. The molecule has 1 aromatic rings. The Kier molecular flexibility index (Phi) is 2.36. The van der Waals surface area contributed by atoms with E-state index in [0.717, 1.165) is 6.42 Å². The molecule has 70 valence electrons. The van der Waals surface area contributed by atoms with Crippen molar-refractivity contribution in [1.82, 2.24) is 0 Å². The summed E-state index contributed by atoms with van der Waals surface area (Å²) in [7, 11) is 0. The van der Waals surface area contributed by atoms with Gasteiger partial charge in [0.05, 0.1) is 0 Å². The van der Waals surface area contributed by atoms with Gasteiger partial charge in [0.25, 0.3) is 0 Å². The summed E-state index contributed by atoms with van der Waals surface area (Å²) in [5.74, 6) is 0.683. The predicted octanol–water partition coefficient (Wildman–Crippen LogP) is 2.14. The third-order valence-electron chi connectivity index (χ3n) is 3.16. The van der Waals surface area contributed by atoms with Crippen LogP contribution in [0.3, 0.4) is 0 Å².